The molecular formula is C15H17F3O5S. The zero-order valence-electron chi connectivity index (χ0n) is 12.9. The minimum Gasteiger partial charge on any atom is -0.381 e. The highest BCUT2D eigenvalue weighted by Crippen LogP contribution is 2.30. The zero-order chi connectivity index (χ0) is 18.0. The molecule has 0 radical (unpaired) electrons. The Bertz CT molecular complexity index is 706. The monoisotopic (exact) mass is 366 g/mol. The van der Waals surface area contributed by atoms with Crippen LogP contribution in [0.15, 0.2) is 18.2 Å². The Labute approximate surface area is 137 Å². The van der Waals surface area contributed by atoms with Crippen LogP contribution in [0.4, 0.5) is 13.2 Å². The number of carbonyl (C=O) groups excluding carboxylic acids is 1. The van der Waals surface area contributed by atoms with Crippen LogP contribution in [0.2, 0.25) is 0 Å². The highest BCUT2D eigenvalue weighted by Gasteiger charge is 2.48. The maximum absolute atomic E-state index is 12.4. The van der Waals surface area contributed by atoms with Gasteiger partial charge in [-0.25, -0.2) is 0 Å². The van der Waals surface area contributed by atoms with E-state index in [4.69, 9.17) is 4.74 Å². The molecule has 1 aromatic carbocycles. The van der Waals surface area contributed by atoms with Gasteiger partial charge in [-0.1, -0.05) is 12.1 Å². The van der Waals surface area contributed by atoms with Crippen molar-refractivity contribution in [1.29, 1.82) is 0 Å². The van der Waals surface area contributed by atoms with Gasteiger partial charge in [-0.3, -0.25) is 4.79 Å². The van der Waals surface area contributed by atoms with Gasteiger partial charge in [0, 0.05) is 25.2 Å². The van der Waals surface area contributed by atoms with Crippen LogP contribution in [-0.4, -0.2) is 32.9 Å². The number of hydrogen-bond donors (Lipinski definition) is 0. The summed E-state index contributed by atoms with van der Waals surface area (Å²) in [6.07, 6.45) is 1.71. The molecule has 2 rings (SSSR count). The fourth-order valence-electron chi connectivity index (χ4n) is 2.36. The van der Waals surface area contributed by atoms with Crippen LogP contribution in [0.3, 0.4) is 0 Å². The van der Waals surface area contributed by atoms with Crippen LogP contribution >= 0.6 is 0 Å². The number of alkyl halides is 3. The Morgan fingerprint density at radius 3 is 2.50 bits per heavy atom. The summed E-state index contributed by atoms with van der Waals surface area (Å²) in [5.74, 6) is -0.614. The summed E-state index contributed by atoms with van der Waals surface area (Å²) in [6, 6.07) is 3.85. The van der Waals surface area contributed by atoms with Crippen LogP contribution in [0.25, 0.3) is 0 Å². The molecule has 0 bridgehead atoms. The van der Waals surface area contributed by atoms with Gasteiger partial charge < -0.3 is 8.92 Å². The molecule has 0 aromatic heterocycles. The molecule has 24 heavy (non-hydrogen) atoms. The van der Waals surface area contributed by atoms with Gasteiger partial charge in [0.15, 0.2) is 5.78 Å². The summed E-state index contributed by atoms with van der Waals surface area (Å²) in [6.45, 7) is 2.54. The number of hydrogen-bond acceptors (Lipinski definition) is 5. The van der Waals surface area contributed by atoms with E-state index in [2.05, 4.69) is 4.18 Å². The first-order chi connectivity index (χ1) is 11.1. The lowest BCUT2D eigenvalue weighted by Crippen LogP contribution is -2.28. The number of benzene rings is 1. The van der Waals surface area contributed by atoms with Gasteiger partial charge in [0.25, 0.3) is 0 Å². The molecule has 1 aliphatic rings. The number of halogens is 3. The molecule has 0 aliphatic carbocycles. The van der Waals surface area contributed by atoms with Gasteiger partial charge in [-0.05, 0) is 37.3 Å². The summed E-state index contributed by atoms with van der Waals surface area (Å²) in [5, 5.41) is 0. The molecule has 9 heteroatoms. The molecule has 0 N–H and O–H groups in total. The summed E-state index contributed by atoms with van der Waals surface area (Å²) >= 11 is 0. The van der Waals surface area contributed by atoms with E-state index in [9.17, 15) is 26.4 Å². The fourth-order valence-corrected chi connectivity index (χ4v) is 2.87. The highest BCUT2D eigenvalue weighted by atomic mass is 32.2. The highest BCUT2D eigenvalue weighted by molar-refractivity contribution is 7.88. The lowest BCUT2D eigenvalue weighted by atomic mass is 9.92. The molecule has 134 valence electrons. The van der Waals surface area contributed by atoms with E-state index in [1.165, 1.54) is 19.1 Å². The third kappa shape index (κ3) is 4.47. The number of rotatable bonds is 5. The van der Waals surface area contributed by atoms with Crippen molar-refractivity contribution >= 4 is 15.9 Å². The molecular weight excluding hydrogens is 349 g/mol. The van der Waals surface area contributed by atoms with Crippen LogP contribution in [0, 0.1) is 12.8 Å². The number of Topliss-reactive ketones (excluding diaryl/α,β-unsaturated/α-hetero) is 1. The maximum Gasteiger partial charge on any atom is 0.534 e. The first kappa shape index (κ1) is 18.7. The summed E-state index contributed by atoms with van der Waals surface area (Å²) in [5.41, 5.74) is -5.22. The van der Waals surface area contributed by atoms with E-state index in [0.717, 1.165) is 18.9 Å². The Hall–Kier alpha value is -1.61. The third-order valence-electron chi connectivity index (χ3n) is 3.81. The Morgan fingerprint density at radius 1 is 1.29 bits per heavy atom. The maximum atomic E-state index is 12.4. The predicted molar refractivity (Wildman–Crippen MR) is 79.3 cm³/mol. The quantitative estimate of drug-likeness (QED) is 0.455. The summed E-state index contributed by atoms with van der Waals surface area (Å²) in [4.78, 5) is 12.3. The SMILES string of the molecule is Cc1ccc(C(=O)CC2CCOCC2)cc1OS(=O)(=O)C(F)(F)F. The molecule has 1 heterocycles. The average Bonchev–Trinajstić information content (AvgIpc) is 2.49. The van der Waals surface area contributed by atoms with E-state index >= 15 is 0 Å². The van der Waals surface area contributed by atoms with Crippen molar-refractivity contribution in [2.45, 2.75) is 31.7 Å². The van der Waals surface area contributed by atoms with Gasteiger partial charge >= 0.3 is 15.6 Å². The van der Waals surface area contributed by atoms with E-state index in [0.29, 0.717) is 13.2 Å². The standard InChI is InChI=1S/C15H17F3O5S/c1-10-2-3-12(13(19)8-11-4-6-22-7-5-11)9-14(10)23-24(20,21)15(16,17)18/h2-3,9,11H,4-8H2,1H3. The number of carbonyl (C=O) groups is 1. The second-order valence-corrected chi connectivity index (χ2v) is 7.18. The smallest absolute Gasteiger partial charge is 0.381 e. The van der Waals surface area contributed by atoms with Crippen molar-refractivity contribution in [2.75, 3.05) is 13.2 Å². The van der Waals surface area contributed by atoms with Crippen LogP contribution in [0.5, 0.6) is 5.75 Å². The van der Waals surface area contributed by atoms with E-state index in [1.807, 2.05) is 0 Å². The normalized spacial score (nSPS) is 16.8. The van der Waals surface area contributed by atoms with E-state index < -0.39 is 21.4 Å². The van der Waals surface area contributed by atoms with Crippen LogP contribution in [0.1, 0.15) is 35.2 Å². The molecule has 0 atom stereocenters. The number of ketones is 1. The molecule has 5 nitrogen and oxygen atoms in total. The topological polar surface area (TPSA) is 69.7 Å². The molecule has 0 spiro atoms. The molecule has 0 unspecified atom stereocenters. The second-order valence-electron chi connectivity index (χ2n) is 5.65. The van der Waals surface area contributed by atoms with Crippen molar-refractivity contribution in [3.8, 4) is 5.75 Å². The Morgan fingerprint density at radius 2 is 1.92 bits per heavy atom. The van der Waals surface area contributed by atoms with Crippen LogP contribution < -0.4 is 4.18 Å². The molecule has 1 saturated heterocycles. The van der Waals surface area contributed by atoms with Crippen molar-refractivity contribution in [1.82, 2.24) is 0 Å². The molecule has 1 fully saturated rings. The summed E-state index contributed by atoms with van der Waals surface area (Å²) < 4.78 is 68.9. The van der Waals surface area contributed by atoms with E-state index in [1.54, 1.807) is 0 Å². The molecule has 0 amide bonds. The van der Waals surface area contributed by atoms with Crippen molar-refractivity contribution in [3.05, 3.63) is 29.3 Å². The summed E-state index contributed by atoms with van der Waals surface area (Å²) in [7, 11) is -5.77. The average molecular weight is 366 g/mol. The molecule has 1 aliphatic heterocycles. The fraction of sp³-hybridized carbons (Fsp3) is 0.533. The number of aryl methyl sites for hydroxylation is 1. The van der Waals surface area contributed by atoms with Crippen molar-refractivity contribution < 1.29 is 35.3 Å². The third-order valence-corrected chi connectivity index (χ3v) is 4.77. The Balaban J connectivity index is 2.17. The predicted octanol–water partition coefficient (Wildman–Crippen LogP) is 3.22. The lowest BCUT2D eigenvalue weighted by molar-refractivity contribution is -0.0500. The van der Waals surface area contributed by atoms with E-state index in [-0.39, 0.29) is 29.2 Å². The first-order valence-corrected chi connectivity index (χ1v) is 8.73. The van der Waals surface area contributed by atoms with Crippen molar-refractivity contribution in [2.24, 2.45) is 5.92 Å². The first-order valence-electron chi connectivity index (χ1n) is 7.32. The lowest BCUT2D eigenvalue weighted by Gasteiger charge is -2.21. The van der Waals surface area contributed by atoms with Gasteiger partial charge in [-0.15, -0.1) is 0 Å². The second kappa shape index (κ2) is 7.10. The molecule has 0 saturated carbocycles. The minimum absolute atomic E-state index is 0.125. The van der Waals surface area contributed by atoms with Gasteiger partial charge in [0.1, 0.15) is 5.75 Å². The number of ether oxygens (including phenoxy) is 1. The van der Waals surface area contributed by atoms with Gasteiger partial charge in [0.2, 0.25) is 0 Å². The minimum atomic E-state index is -5.77. The van der Waals surface area contributed by atoms with Crippen molar-refractivity contribution in [3.63, 3.8) is 0 Å². The van der Waals surface area contributed by atoms with Crippen LogP contribution in [-0.2, 0) is 14.9 Å². The van der Waals surface area contributed by atoms with Gasteiger partial charge in [-0.2, -0.15) is 21.6 Å². The largest absolute Gasteiger partial charge is 0.534 e. The Kier molecular flexibility index (Phi) is 5.54. The molecule has 1 aromatic rings. The van der Waals surface area contributed by atoms with Gasteiger partial charge in [0.05, 0.1) is 0 Å². The zero-order valence-corrected chi connectivity index (χ0v) is 13.7.